The third kappa shape index (κ3) is 25.7. The molecule has 0 bridgehead atoms. The van der Waals surface area contributed by atoms with Gasteiger partial charge in [-0.1, -0.05) is 30.3 Å². The zero-order valence-electron chi connectivity index (χ0n) is 43.3. The molecule has 26 nitrogen and oxygen atoms in total. The topological polar surface area (TPSA) is 377 Å². The maximum atomic E-state index is 14.6. The number of likely N-dealkylation sites (N-methyl/N-ethyl adjacent to an activating group) is 1. The number of carboxylic acids is 1. The van der Waals surface area contributed by atoms with Crippen molar-refractivity contribution < 1.29 is 53.7 Å². The summed E-state index contributed by atoms with van der Waals surface area (Å²) < 4.78 is 0. The van der Waals surface area contributed by atoms with Crippen LogP contribution in [-0.4, -0.2) is 220 Å². The van der Waals surface area contributed by atoms with Crippen molar-refractivity contribution in [3.63, 3.8) is 0 Å². The summed E-state index contributed by atoms with van der Waals surface area (Å²) in [6, 6.07) is 16.3. The summed E-state index contributed by atoms with van der Waals surface area (Å²) in [5.74, 6) is -5.93. The number of hydrogen-bond acceptors (Lipinski definition) is 15. The number of carboxylic acid groups (broad SMARTS) is 1. The molecule has 0 aliphatic carbocycles. The number of carbonyl (C=O) groups is 8. The van der Waals surface area contributed by atoms with Crippen LogP contribution in [0.4, 0.5) is 0 Å². The quantitative estimate of drug-likeness (QED) is 0.0130. The zero-order valence-corrected chi connectivity index (χ0v) is 44.2. The van der Waals surface area contributed by atoms with Gasteiger partial charge in [-0.2, -0.15) is 12.6 Å². The number of phenolic OH excluding ortho intramolecular Hbond substituents is 2. The van der Waals surface area contributed by atoms with Gasteiger partial charge in [0.15, 0.2) is 11.9 Å². The number of benzene rings is 2. The minimum absolute atomic E-state index is 0.0477. The highest BCUT2D eigenvalue weighted by molar-refractivity contribution is 7.80. The highest BCUT2D eigenvalue weighted by atomic mass is 32.1. The van der Waals surface area contributed by atoms with Crippen LogP contribution in [0, 0.1) is 10.8 Å². The number of nitrogens with one attached hydrogen (secondary N) is 6. The number of aromatic nitrogens is 1. The van der Waals surface area contributed by atoms with Crippen LogP contribution >= 0.6 is 12.6 Å². The number of hydrogen-bond donors (Lipinski definition) is 12. The third-order valence-electron chi connectivity index (χ3n) is 11.6. The highest BCUT2D eigenvalue weighted by Crippen LogP contribution is 2.13. The molecular formula is C50H73N15O11S. The second kappa shape index (κ2) is 34.4. The first-order valence-corrected chi connectivity index (χ1v) is 25.4. The molecule has 0 aliphatic heterocycles. The van der Waals surface area contributed by atoms with E-state index in [2.05, 4.69) is 38.9 Å². The maximum Gasteiger partial charge on any atom is 0.305 e. The molecule has 0 saturated carbocycles. The van der Waals surface area contributed by atoms with E-state index in [1.54, 1.807) is 48.5 Å². The lowest BCUT2D eigenvalue weighted by molar-refractivity contribution is -0.148. The normalized spacial score (nSPS) is 10.6. The zero-order chi connectivity index (χ0) is 56.7. The van der Waals surface area contributed by atoms with Gasteiger partial charge in [0.2, 0.25) is 41.4 Å². The second-order valence-electron chi connectivity index (χ2n) is 17.7. The van der Waals surface area contributed by atoms with E-state index in [1.807, 2.05) is 0 Å². The molecule has 0 saturated heterocycles. The summed E-state index contributed by atoms with van der Waals surface area (Å²) in [6.45, 7) is -3.41. The smallest absolute Gasteiger partial charge is 0.305 e. The molecule has 0 spiro atoms. The molecule has 2 aromatic carbocycles. The number of amides is 7. The Morgan fingerprint density at radius 2 is 1.05 bits per heavy atom. The van der Waals surface area contributed by atoms with E-state index < -0.39 is 93.0 Å². The monoisotopic (exact) mass is 1090 g/mol. The summed E-state index contributed by atoms with van der Waals surface area (Å²) in [4.78, 5) is 120. The molecule has 27 heteroatoms. The number of phenols is 2. The number of carbonyl (C=O) groups excluding carboxylic acids is 7. The van der Waals surface area contributed by atoms with Gasteiger partial charge in [-0.3, -0.25) is 54.2 Å². The fourth-order valence-electron chi connectivity index (χ4n) is 7.35. The molecule has 1 aromatic heterocycles. The Balaban J connectivity index is 1.93. The number of nitrogens with two attached hydrogens (primary N) is 2. The van der Waals surface area contributed by atoms with Gasteiger partial charge in [0.25, 0.3) is 0 Å². The molecule has 0 atom stereocenters. The number of pyridine rings is 1. The van der Waals surface area contributed by atoms with Crippen LogP contribution in [0.3, 0.4) is 0 Å². The second-order valence-corrected chi connectivity index (χ2v) is 18.2. The lowest BCUT2D eigenvalue weighted by Gasteiger charge is -2.32. The molecule has 0 aliphatic rings. The molecule has 7 amide bonds. The van der Waals surface area contributed by atoms with E-state index in [1.165, 1.54) is 46.3 Å². The van der Waals surface area contributed by atoms with E-state index in [9.17, 15) is 53.7 Å². The van der Waals surface area contributed by atoms with Gasteiger partial charge < -0.3 is 77.5 Å². The van der Waals surface area contributed by atoms with E-state index in [4.69, 9.17) is 22.3 Å². The van der Waals surface area contributed by atoms with Crippen LogP contribution in [0.25, 0.3) is 0 Å². The van der Waals surface area contributed by atoms with Crippen molar-refractivity contribution in [2.75, 3.05) is 111 Å². The van der Waals surface area contributed by atoms with Crippen LogP contribution in [0.15, 0.2) is 73.1 Å². The molecule has 3 aromatic rings. The number of aliphatic carboxylic acids is 1. The van der Waals surface area contributed by atoms with Crippen molar-refractivity contribution in [1.82, 2.24) is 55.7 Å². The third-order valence-corrected chi connectivity index (χ3v) is 11.8. The largest absolute Gasteiger partial charge is 0.508 e. The van der Waals surface area contributed by atoms with Crippen molar-refractivity contribution in [1.29, 1.82) is 10.8 Å². The Kier molecular flexibility index (Phi) is 28.2. The van der Waals surface area contributed by atoms with Crippen molar-refractivity contribution >= 4 is 71.9 Å². The average Bonchev–Trinajstić information content (AvgIpc) is 3.39. The first kappa shape index (κ1) is 63.1. The SMILES string of the molecule is CN(CC(=O)NCCS)C(=O)CN(CCC(=O)O)C(=O)CN(Cc1cccnc1)C(=O)CN(CCCNC(=N)N)C(=O)CN(CCCNC(=N)N)C(=O)CN(CCc1ccc(O)cc1)C(=O)CNCCc1ccc(O)cc1. The minimum atomic E-state index is -1.27. The molecule has 13 N–H and O–H groups in total. The van der Waals surface area contributed by atoms with Gasteiger partial charge in [-0.15, -0.1) is 0 Å². The van der Waals surface area contributed by atoms with Crippen molar-refractivity contribution in [3.8, 4) is 11.5 Å². The van der Waals surface area contributed by atoms with Gasteiger partial charge >= 0.3 is 5.97 Å². The van der Waals surface area contributed by atoms with Crippen molar-refractivity contribution in [2.24, 2.45) is 11.5 Å². The van der Waals surface area contributed by atoms with Crippen LogP contribution < -0.4 is 32.7 Å². The Labute approximate surface area is 452 Å². The van der Waals surface area contributed by atoms with Gasteiger partial charge in [0.1, 0.15) is 18.0 Å². The fraction of sp³-hybridized carbons (Fsp3) is 0.460. The molecule has 1 heterocycles. The number of guanidine groups is 2. The minimum Gasteiger partial charge on any atom is -0.508 e. The number of rotatable bonds is 35. The Bertz CT molecular complexity index is 2420. The van der Waals surface area contributed by atoms with E-state index in [0.29, 0.717) is 30.7 Å². The van der Waals surface area contributed by atoms with E-state index in [-0.39, 0.29) is 95.2 Å². The van der Waals surface area contributed by atoms with Gasteiger partial charge in [-0.05, 0) is 79.3 Å². The first-order chi connectivity index (χ1) is 36.7. The van der Waals surface area contributed by atoms with Crippen LogP contribution in [0.2, 0.25) is 0 Å². The van der Waals surface area contributed by atoms with Crippen molar-refractivity contribution in [2.45, 2.75) is 38.6 Å². The molecular weight excluding hydrogens is 1020 g/mol. The van der Waals surface area contributed by atoms with Crippen LogP contribution in [0.5, 0.6) is 11.5 Å². The molecule has 3 rings (SSSR count). The molecule has 0 unspecified atom stereocenters. The van der Waals surface area contributed by atoms with Crippen LogP contribution in [0.1, 0.15) is 36.0 Å². The van der Waals surface area contributed by atoms with Crippen molar-refractivity contribution in [3.05, 3.63) is 89.7 Å². The summed E-state index contributed by atoms with van der Waals surface area (Å²) in [7, 11) is 1.34. The van der Waals surface area contributed by atoms with Gasteiger partial charge in [-0.25, -0.2) is 0 Å². The molecule has 420 valence electrons. The lowest BCUT2D eigenvalue weighted by Crippen LogP contribution is -2.52. The van der Waals surface area contributed by atoms with Crippen LogP contribution in [-0.2, 0) is 57.7 Å². The van der Waals surface area contributed by atoms with E-state index >= 15 is 0 Å². The number of aromatic hydroxyl groups is 2. The fourth-order valence-corrected chi connectivity index (χ4v) is 7.46. The molecule has 0 fully saturated rings. The highest BCUT2D eigenvalue weighted by Gasteiger charge is 2.30. The Hall–Kier alpha value is -8.20. The first-order valence-electron chi connectivity index (χ1n) is 24.8. The maximum absolute atomic E-state index is 14.6. The van der Waals surface area contributed by atoms with Gasteiger partial charge in [0, 0.05) is 77.6 Å². The Morgan fingerprint density at radius 1 is 0.571 bits per heavy atom. The standard InChI is InChI=1S/C50H73N15O11S/c1-60(30-41(68)57-21-26-77)43(70)31-64(25-16-48(75)76)46(73)35-65(29-38-5-2-17-55-27-38)47(74)34-62(23-4-19-59-50(53)54)44(71)32-61(22-3-18-58-49(51)52)45(72)33-63(24-15-37-8-12-40(67)13-9-37)42(69)28-56-20-14-36-6-10-39(66)11-7-36/h2,5-13,17,27,56,66-67,77H,3-4,14-16,18-26,28-35H2,1H3,(H,57,68)(H,75,76)(H4,51,52,58)(H4,53,54,59). The number of nitrogens with zero attached hydrogens (tertiary/aromatic N) is 7. The Morgan fingerprint density at radius 3 is 1.55 bits per heavy atom. The number of thiol groups is 1. The average molecular weight is 1090 g/mol. The molecule has 77 heavy (non-hydrogen) atoms. The summed E-state index contributed by atoms with van der Waals surface area (Å²) in [5, 5.41) is 55.2. The summed E-state index contributed by atoms with van der Waals surface area (Å²) in [6.07, 6.45) is 3.59. The van der Waals surface area contributed by atoms with E-state index in [0.717, 1.165) is 25.8 Å². The summed E-state index contributed by atoms with van der Waals surface area (Å²) >= 11 is 4.05. The lowest BCUT2D eigenvalue weighted by atomic mass is 10.1. The predicted octanol–water partition coefficient (Wildman–Crippen LogP) is -2.06. The summed E-state index contributed by atoms with van der Waals surface area (Å²) in [5.41, 5.74) is 13.2. The predicted molar refractivity (Wildman–Crippen MR) is 288 cm³/mol. The van der Waals surface area contributed by atoms with Gasteiger partial charge in [0.05, 0.1) is 45.7 Å². The molecule has 0 radical (unpaired) electrons.